The summed E-state index contributed by atoms with van der Waals surface area (Å²) in [6.45, 7) is 0. The molecule has 0 saturated heterocycles. The number of hydrogen-bond acceptors (Lipinski definition) is 5. The van der Waals surface area contributed by atoms with E-state index in [2.05, 4.69) is 4.86 Å². The minimum Gasteiger partial charge on any atom is -0.507 e. The summed E-state index contributed by atoms with van der Waals surface area (Å²) in [6.07, 6.45) is -18.7. The van der Waals surface area contributed by atoms with E-state index in [0.29, 0.717) is 76.1 Å². The molecule has 0 spiro atoms. The summed E-state index contributed by atoms with van der Waals surface area (Å²) in [5, 5.41) is 18.2. The molecular formula is C68H39F12NO4P2. The number of nitrogens with one attached hydrogen (secondary N) is 1. The molecule has 5 nitrogen and oxygen atoms in total. The van der Waals surface area contributed by atoms with Crippen LogP contribution in [0.15, 0.2) is 227 Å². The molecule has 12 aromatic carbocycles. The monoisotopic (exact) mass is 1220 g/mol. The van der Waals surface area contributed by atoms with Gasteiger partial charge in [-0.25, -0.2) is 0 Å². The van der Waals surface area contributed by atoms with E-state index in [4.69, 9.17) is 12.9 Å². The van der Waals surface area contributed by atoms with Crippen molar-refractivity contribution in [2.75, 3.05) is 4.86 Å². The number of benzene rings is 12. The Morgan fingerprint density at radius 3 is 1.03 bits per heavy atom. The van der Waals surface area contributed by atoms with Gasteiger partial charge in [0.25, 0.3) is 0 Å². The Bertz CT molecular complexity index is 4730. The van der Waals surface area contributed by atoms with Crippen molar-refractivity contribution in [1.82, 2.24) is 0 Å². The van der Waals surface area contributed by atoms with Gasteiger partial charge in [0, 0.05) is 44.2 Å². The zero-order valence-electron chi connectivity index (χ0n) is 44.4. The van der Waals surface area contributed by atoms with Crippen LogP contribution in [0.4, 0.5) is 52.7 Å². The van der Waals surface area contributed by atoms with Gasteiger partial charge in [-0.1, -0.05) is 146 Å². The summed E-state index contributed by atoms with van der Waals surface area (Å²) in [7, 11) is -3.51. The van der Waals surface area contributed by atoms with Crippen molar-refractivity contribution in [1.29, 1.82) is 0 Å². The maximum atomic E-state index is 14.2. The molecule has 19 heteroatoms. The first-order valence-corrected chi connectivity index (χ1v) is 28.6. The fourth-order valence-corrected chi connectivity index (χ4v) is 13.1. The van der Waals surface area contributed by atoms with Crippen molar-refractivity contribution in [2.24, 2.45) is 0 Å². The lowest BCUT2D eigenvalue weighted by atomic mass is 9.86. The van der Waals surface area contributed by atoms with E-state index in [1.807, 2.05) is 24.3 Å². The summed E-state index contributed by atoms with van der Waals surface area (Å²) < 4.78 is 190. The van der Waals surface area contributed by atoms with Crippen LogP contribution in [0.1, 0.15) is 22.3 Å². The molecule has 2 N–H and O–H groups in total. The zero-order chi connectivity index (χ0) is 60.7. The maximum absolute atomic E-state index is 14.2. The normalized spacial score (nSPS) is 12.6. The molecule has 0 aliphatic heterocycles. The second-order valence-corrected chi connectivity index (χ2v) is 22.7. The van der Waals surface area contributed by atoms with E-state index in [1.54, 1.807) is 97.1 Å². The summed E-state index contributed by atoms with van der Waals surface area (Å²) in [5.41, 5.74) is -0.809. The van der Waals surface area contributed by atoms with Gasteiger partial charge in [-0.15, -0.1) is 0 Å². The molecule has 0 fully saturated rings. The van der Waals surface area contributed by atoms with E-state index >= 15 is 0 Å². The number of hydrogen-bond donors (Lipinski definition) is 2. The highest BCUT2D eigenvalue weighted by atomic mass is 31.2. The first-order valence-electron chi connectivity index (χ1n) is 26.6. The Labute approximate surface area is 488 Å². The van der Waals surface area contributed by atoms with Crippen LogP contribution in [0.2, 0.25) is 0 Å². The smallest absolute Gasteiger partial charge is 0.416 e. The quantitative estimate of drug-likeness (QED) is 0.111. The van der Waals surface area contributed by atoms with Gasteiger partial charge in [0.15, 0.2) is 20.1 Å². The van der Waals surface area contributed by atoms with Crippen molar-refractivity contribution in [2.45, 2.75) is 24.7 Å². The van der Waals surface area contributed by atoms with E-state index in [1.165, 1.54) is 48.5 Å². The molecule has 1 atom stereocenters. The number of alkyl halides is 12. The first-order chi connectivity index (χ1) is 41.6. The van der Waals surface area contributed by atoms with Crippen LogP contribution in [0.3, 0.4) is 0 Å². The Kier molecular flexibility index (Phi) is 14.1. The zero-order valence-corrected chi connectivity index (χ0v) is 46.3. The van der Waals surface area contributed by atoms with Crippen molar-refractivity contribution >= 4 is 82.2 Å². The van der Waals surface area contributed by atoms with Crippen LogP contribution in [-0.4, -0.2) is 5.11 Å². The van der Waals surface area contributed by atoms with Crippen LogP contribution in [0.5, 0.6) is 11.5 Å². The highest BCUT2D eigenvalue weighted by molar-refractivity contribution is 7.55. The standard InChI is InChI=1S/C68H39F12NO4P2/c69-65(70,71)45-25-17-37(18-26-45)53-33-41-9-1-5-13-49(41)57(61(53)82)58-50-14-6-2-10-42(50)34-54(38-19-27-46(28-20-38)66(72,73)74)62(58)83-86-81-87-84-63-55(39-21-29-47(30-22-39)67(75,76)77)35-43-11-3-7-15-51(43)59(63)60-52-16-8-4-12-44(52)36-56(64(60)85-87)40-23-31-48(32-24-40)68(78,79)80/h1-36,81-82,86H. The van der Waals surface area contributed by atoms with Gasteiger partial charge >= 0.3 is 32.9 Å². The number of rotatable bonds is 9. The van der Waals surface area contributed by atoms with Crippen molar-refractivity contribution in [3.05, 3.63) is 241 Å². The lowest BCUT2D eigenvalue weighted by Gasteiger charge is -2.22. The third kappa shape index (κ3) is 10.6. The Morgan fingerprint density at radius 2 is 0.655 bits per heavy atom. The molecular weight excluding hydrogens is 1180 g/mol. The van der Waals surface area contributed by atoms with Gasteiger partial charge in [0.2, 0.25) is 0 Å². The average Bonchev–Trinajstić information content (AvgIpc) is 1.72. The molecule has 0 aliphatic rings. The molecule has 0 radical (unpaired) electrons. The molecule has 434 valence electrons. The van der Waals surface area contributed by atoms with Gasteiger partial charge in [0.05, 0.1) is 22.3 Å². The van der Waals surface area contributed by atoms with Gasteiger partial charge in [-0.3, -0.25) is 0 Å². The van der Waals surface area contributed by atoms with Crippen LogP contribution < -0.4 is 9.38 Å². The van der Waals surface area contributed by atoms with Gasteiger partial charge in [-0.05, 0) is 138 Å². The Hall–Kier alpha value is -9.27. The van der Waals surface area contributed by atoms with E-state index in [-0.39, 0.29) is 56.0 Å². The summed E-state index contributed by atoms with van der Waals surface area (Å²) in [4.78, 5) is 3.27. The Morgan fingerprint density at radius 1 is 0.356 bits per heavy atom. The van der Waals surface area contributed by atoms with E-state index in [0.717, 1.165) is 48.5 Å². The van der Waals surface area contributed by atoms with Crippen LogP contribution in [-0.2, 0) is 24.7 Å². The van der Waals surface area contributed by atoms with E-state index < -0.39 is 64.1 Å². The highest BCUT2D eigenvalue weighted by Gasteiger charge is 2.34. The molecule has 1 aromatic heterocycles. The SMILES string of the molecule is Oc1c(-c2ccc(C(F)(F)F)cc2)cc2ccccc2c1-c1c(OPNp2oc3c(-c4ccc(C(F)(F)F)cc4)cc4ccccc4c3c3c(o2)c(-c2ccc(C(F)(F)F)cc2)cc2ccccc23)c(-c2ccc(C(F)(F)F)cc2)cc2ccccc12. The van der Waals surface area contributed by atoms with Gasteiger partial charge < -0.3 is 18.0 Å². The third-order valence-corrected chi connectivity index (χ3v) is 17.4. The molecule has 0 amide bonds. The third-order valence-electron chi connectivity index (χ3n) is 15.3. The minimum atomic E-state index is -4.71. The molecule has 13 rings (SSSR count). The van der Waals surface area contributed by atoms with Gasteiger partial charge in [0.1, 0.15) is 11.5 Å². The number of phenols is 1. The lowest BCUT2D eigenvalue weighted by Crippen LogP contribution is -2.04. The van der Waals surface area contributed by atoms with E-state index in [9.17, 15) is 57.8 Å². The lowest BCUT2D eigenvalue weighted by molar-refractivity contribution is -0.138. The van der Waals surface area contributed by atoms with Crippen LogP contribution >= 0.6 is 17.1 Å². The Balaban J connectivity index is 1.07. The molecule has 0 saturated carbocycles. The topological polar surface area (TPSA) is 67.8 Å². The van der Waals surface area contributed by atoms with Crippen LogP contribution in [0, 0.1) is 0 Å². The summed E-state index contributed by atoms with van der Waals surface area (Å²) in [6, 6.07) is 52.9. The molecule has 87 heavy (non-hydrogen) atoms. The predicted molar refractivity (Wildman–Crippen MR) is 320 cm³/mol. The number of aromatic hydroxyl groups is 1. The molecule has 0 aliphatic carbocycles. The van der Waals surface area contributed by atoms with Crippen molar-refractivity contribution < 1.29 is 70.7 Å². The second-order valence-electron chi connectivity index (χ2n) is 20.5. The summed E-state index contributed by atoms with van der Waals surface area (Å²) >= 11 is 0. The molecule has 1 unspecified atom stereocenters. The number of phenolic OH excluding ortho intramolecular Hbond substituents is 1. The number of fused-ring (bicyclic) bond motifs is 9. The van der Waals surface area contributed by atoms with Crippen LogP contribution in [0.25, 0.3) is 121 Å². The fraction of sp³-hybridized carbons (Fsp3) is 0.0588. The average molecular weight is 1220 g/mol. The number of halogens is 12. The van der Waals surface area contributed by atoms with Gasteiger partial charge in [-0.2, -0.15) is 57.5 Å². The second kappa shape index (κ2) is 21.6. The predicted octanol–water partition coefficient (Wildman–Crippen LogP) is 23.1. The largest absolute Gasteiger partial charge is 0.507 e. The summed E-state index contributed by atoms with van der Waals surface area (Å²) in [5.74, 6) is -0.355. The van der Waals surface area contributed by atoms with Crippen molar-refractivity contribution in [3.63, 3.8) is 0 Å². The maximum Gasteiger partial charge on any atom is 0.416 e. The molecule has 13 aromatic rings. The van der Waals surface area contributed by atoms with Crippen molar-refractivity contribution in [3.8, 4) is 67.1 Å². The minimum absolute atomic E-state index is 0.0165. The fourth-order valence-electron chi connectivity index (χ4n) is 11.2. The highest BCUT2D eigenvalue weighted by Crippen LogP contribution is 2.55. The first kappa shape index (κ1) is 56.8. The molecule has 1 heterocycles. The molecule has 0 bridgehead atoms.